The first-order chi connectivity index (χ1) is 7.81. The monoisotopic (exact) mass is 239 g/mol. The molecule has 0 bridgehead atoms. The van der Waals surface area contributed by atoms with Gasteiger partial charge in [-0.15, -0.1) is 0 Å². The third-order valence-electron chi connectivity index (χ3n) is 3.27. The van der Waals surface area contributed by atoms with Crippen molar-refractivity contribution in [1.29, 1.82) is 0 Å². The summed E-state index contributed by atoms with van der Waals surface area (Å²) in [6, 6.07) is 0.519. The highest BCUT2D eigenvalue weighted by Gasteiger charge is 2.18. The fourth-order valence-electron chi connectivity index (χ4n) is 2.23. The van der Waals surface area contributed by atoms with Crippen molar-refractivity contribution in [2.24, 2.45) is 0 Å². The third-order valence-corrected chi connectivity index (χ3v) is 4.22. The molecule has 1 aromatic rings. The van der Waals surface area contributed by atoms with Crippen molar-refractivity contribution in [3.63, 3.8) is 0 Å². The van der Waals surface area contributed by atoms with Gasteiger partial charge >= 0.3 is 0 Å². The number of piperidine rings is 1. The van der Waals surface area contributed by atoms with Crippen LogP contribution in [0.25, 0.3) is 0 Å². The summed E-state index contributed by atoms with van der Waals surface area (Å²) < 4.78 is 2.31. The Kier molecular flexibility index (Phi) is 4.29. The molecular weight excluding hydrogens is 218 g/mol. The maximum absolute atomic E-state index is 4.30. The highest BCUT2D eigenvalue weighted by molar-refractivity contribution is 7.99. The van der Waals surface area contributed by atoms with Crippen LogP contribution in [0.15, 0.2) is 12.5 Å². The molecule has 0 aliphatic carbocycles. The van der Waals surface area contributed by atoms with Crippen LogP contribution in [0.5, 0.6) is 0 Å². The second-order valence-corrected chi connectivity index (χ2v) is 5.80. The maximum Gasteiger partial charge on any atom is 0.0949 e. The van der Waals surface area contributed by atoms with Crippen molar-refractivity contribution in [3.05, 3.63) is 18.2 Å². The predicted octanol–water partition coefficient (Wildman–Crippen LogP) is 2.45. The quantitative estimate of drug-likeness (QED) is 0.875. The van der Waals surface area contributed by atoms with Crippen LogP contribution in [0, 0.1) is 0 Å². The van der Waals surface area contributed by atoms with E-state index in [2.05, 4.69) is 28.0 Å². The molecular formula is C12H21N3S. The van der Waals surface area contributed by atoms with Crippen LogP contribution in [0.1, 0.15) is 37.9 Å². The molecule has 3 nitrogen and oxygen atoms in total. The molecule has 2 heterocycles. The maximum atomic E-state index is 4.30. The minimum atomic E-state index is 0.519. The Bertz CT molecular complexity index is 318. The van der Waals surface area contributed by atoms with Crippen LogP contribution in [0.3, 0.4) is 0 Å². The Morgan fingerprint density at radius 1 is 1.62 bits per heavy atom. The molecule has 1 aliphatic rings. The minimum Gasteiger partial charge on any atom is -0.332 e. The van der Waals surface area contributed by atoms with E-state index in [-0.39, 0.29) is 0 Å². The van der Waals surface area contributed by atoms with Crippen molar-refractivity contribution in [3.8, 4) is 0 Å². The molecule has 2 atom stereocenters. The van der Waals surface area contributed by atoms with Gasteiger partial charge in [0, 0.05) is 24.0 Å². The summed E-state index contributed by atoms with van der Waals surface area (Å²) in [5.74, 6) is 0. The van der Waals surface area contributed by atoms with Gasteiger partial charge in [0.2, 0.25) is 0 Å². The van der Waals surface area contributed by atoms with Gasteiger partial charge < -0.3 is 9.88 Å². The van der Waals surface area contributed by atoms with E-state index < -0.39 is 0 Å². The van der Waals surface area contributed by atoms with E-state index in [0.29, 0.717) is 11.3 Å². The van der Waals surface area contributed by atoms with Gasteiger partial charge in [-0.05, 0) is 25.6 Å². The topological polar surface area (TPSA) is 29.9 Å². The first kappa shape index (κ1) is 12.0. The van der Waals surface area contributed by atoms with Gasteiger partial charge in [0.25, 0.3) is 0 Å². The summed E-state index contributed by atoms with van der Waals surface area (Å²) in [6.07, 6.45) is 10.1. The largest absolute Gasteiger partial charge is 0.332 e. The van der Waals surface area contributed by atoms with E-state index in [9.17, 15) is 0 Å². The van der Waals surface area contributed by atoms with Crippen LogP contribution in [0.2, 0.25) is 0 Å². The number of thioether (sulfide) groups is 1. The lowest BCUT2D eigenvalue weighted by Gasteiger charge is -2.25. The molecule has 1 saturated heterocycles. The van der Waals surface area contributed by atoms with Crippen LogP contribution in [-0.4, -0.2) is 27.6 Å². The lowest BCUT2D eigenvalue weighted by Crippen LogP contribution is -2.29. The van der Waals surface area contributed by atoms with Crippen molar-refractivity contribution in [1.82, 2.24) is 14.9 Å². The molecule has 90 valence electrons. The van der Waals surface area contributed by atoms with Crippen molar-refractivity contribution in [2.75, 3.05) is 12.8 Å². The van der Waals surface area contributed by atoms with E-state index in [4.69, 9.17) is 0 Å². The molecule has 0 spiro atoms. The second kappa shape index (κ2) is 5.73. The summed E-state index contributed by atoms with van der Waals surface area (Å²) in [7, 11) is 0. The molecule has 2 rings (SSSR count). The Morgan fingerprint density at radius 3 is 3.19 bits per heavy atom. The summed E-state index contributed by atoms with van der Waals surface area (Å²) in [4.78, 5) is 4.30. The lowest BCUT2D eigenvalue weighted by atomic mass is 10.0. The van der Waals surface area contributed by atoms with E-state index in [1.807, 2.05) is 24.3 Å². The van der Waals surface area contributed by atoms with Gasteiger partial charge in [0.1, 0.15) is 0 Å². The van der Waals surface area contributed by atoms with Gasteiger partial charge in [-0.25, -0.2) is 4.98 Å². The first-order valence-electron chi connectivity index (χ1n) is 6.07. The van der Waals surface area contributed by atoms with E-state index >= 15 is 0 Å². The van der Waals surface area contributed by atoms with Crippen molar-refractivity contribution < 1.29 is 0 Å². The molecule has 1 N–H and O–H groups in total. The summed E-state index contributed by atoms with van der Waals surface area (Å²) >= 11 is 1.91. The Morgan fingerprint density at radius 2 is 2.50 bits per heavy atom. The lowest BCUT2D eigenvalue weighted by molar-refractivity contribution is 0.393. The molecule has 0 aromatic carbocycles. The zero-order valence-electron chi connectivity index (χ0n) is 10.1. The predicted molar refractivity (Wildman–Crippen MR) is 69.8 cm³/mol. The number of hydrogen-bond donors (Lipinski definition) is 1. The van der Waals surface area contributed by atoms with Crippen molar-refractivity contribution in [2.45, 2.75) is 44.0 Å². The summed E-state index contributed by atoms with van der Waals surface area (Å²) in [5.41, 5.74) is 1.36. The SMILES string of the molecule is CSC(C)Cn1cncc1C1CCCCN1. The van der Waals surface area contributed by atoms with Crippen LogP contribution in [0.4, 0.5) is 0 Å². The first-order valence-corrected chi connectivity index (χ1v) is 7.36. The molecule has 2 unspecified atom stereocenters. The summed E-state index contributed by atoms with van der Waals surface area (Å²) in [6.45, 7) is 4.48. The third kappa shape index (κ3) is 2.80. The van der Waals surface area contributed by atoms with Crippen molar-refractivity contribution >= 4 is 11.8 Å². The Balaban J connectivity index is 2.05. The number of imidazole rings is 1. The number of nitrogens with one attached hydrogen (secondary N) is 1. The van der Waals surface area contributed by atoms with Gasteiger partial charge in [-0.1, -0.05) is 13.3 Å². The van der Waals surface area contributed by atoms with Gasteiger partial charge in [0.15, 0.2) is 0 Å². The Hall–Kier alpha value is -0.480. The van der Waals surface area contributed by atoms with Crippen LogP contribution >= 0.6 is 11.8 Å². The molecule has 0 radical (unpaired) electrons. The van der Waals surface area contributed by atoms with E-state index in [1.54, 1.807) is 0 Å². The zero-order chi connectivity index (χ0) is 11.4. The highest BCUT2D eigenvalue weighted by atomic mass is 32.2. The van der Waals surface area contributed by atoms with Gasteiger partial charge in [-0.2, -0.15) is 11.8 Å². The number of hydrogen-bond acceptors (Lipinski definition) is 3. The second-order valence-electron chi connectivity index (χ2n) is 4.52. The highest BCUT2D eigenvalue weighted by Crippen LogP contribution is 2.23. The normalized spacial score (nSPS) is 23.2. The Labute approximate surface area is 102 Å². The van der Waals surface area contributed by atoms with Gasteiger partial charge in [0.05, 0.1) is 12.0 Å². The minimum absolute atomic E-state index is 0.519. The average Bonchev–Trinajstić information content (AvgIpc) is 2.78. The van der Waals surface area contributed by atoms with Crippen LogP contribution < -0.4 is 5.32 Å². The van der Waals surface area contributed by atoms with Crippen LogP contribution in [-0.2, 0) is 6.54 Å². The zero-order valence-corrected chi connectivity index (χ0v) is 11.0. The van der Waals surface area contributed by atoms with E-state index in [1.165, 1.54) is 25.0 Å². The molecule has 0 saturated carbocycles. The summed E-state index contributed by atoms with van der Waals surface area (Å²) in [5, 5.41) is 4.24. The fraction of sp³-hybridized carbons (Fsp3) is 0.750. The molecule has 1 aliphatic heterocycles. The molecule has 1 fully saturated rings. The van der Waals surface area contributed by atoms with E-state index in [0.717, 1.165) is 13.1 Å². The fourth-order valence-corrected chi connectivity index (χ4v) is 2.54. The molecule has 0 amide bonds. The number of rotatable bonds is 4. The smallest absolute Gasteiger partial charge is 0.0949 e. The average molecular weight is 239 g/mol. The molecule has 1 aromatic heterocycles. The number of nitrogens with zero attached hydrogens (tertiary/aromatic N) is 2. The number of aromatic nitrogens is 2. The molecule has 16 heavy (non-hydrogen) atoms. The standard InChI is InChI=1S/C12H21N3S/c1-10(16-2)8-15-9-13-7-12(15)11-5-3-4-6-14-11/h7,9-11,14H,3-6,8H2,1-2H3. The molecule has 4 heteroatoms. The van der Waals surface area contributed by atoms with Gasteiger partial charge in [-0.3, -0.25) is 0 Å².